The van der Waals surface area contributed by atoms with Gasteiger partial charge in [-0.05, 0) is 24.5 Å². The number of hydrogen-bond acceptors (Lipinski definition) is 3. The first kappa shape index (κ1) is 14.9. The molecule has 1 unspecified atom stereocenters. The largest absolute Gasteiger partial charge is 0.496 e. The monoisotopic (exact) mass is 254 g/mol. The lowest BCUT2D eigenvalue weighted by atomic mass is 9.91. The fraction of sp³-hybridized carbons (Fsp3) is 0.571. The van der Waals surface area contributed by atoms with E-state index in [1.54, 1.807) is 19.2 Å². The fourth-order valence-corrected chi connectivity index (χ4v) is 2.26. The summed E-state index contributed by atoms with van der Waals surface area (Å²) in [5.41, 5.74) is 3.24. The van der Waals surface area contributed by atoms with Crippen LogP contribution in [-0.4, -0.2) is 7.11 Å². The molecule has 1 rings (SSSR count). The minimum atomic E-state index is -0.275. The normalized spacial score (nSPS) is 12.8. The van der Waals surface area contributed by atoms with Crippen LogP contribution in [0.4, 0.5) is 4.39 Å². The van der Waals surface area contributed by atoms with Crippen LogP contribution in [0.2, 0.25) is 0 Å². The minimum Gasteiger partial charge on any atom is -0.496 e. The van der Waals surface area contributed by atoms with Crippen LogP contribution in [0.5, 0.6) is 5.75 Å². The Hall–Kier alpha value is -1.13. The zero-order valence-corrected chi connectivity index (χ0v) is 11.4. The summed E-state index contributed by atoms with van der Waals surface area (Å²) >= 11 is 0. The van der Waals surface area contributed by atoms with Gasteiger partial charge in [0.1, 0.15) is 11.6 Å². The molecule has 0 spiro atoms. The molecular weight excluding hydrogens is 231 g/mol. The molecule has 0 saturated carbocycles. The van der Waals surface area contributed by atoms with Crippen LogP contribution in [0.25, 0.3) is 0 Å². The molecule has 0 saturated heterocycles. The third-order valence-corrected chi connectivity index (χ3v) is 3.51. The number of methoxy groups -OCH3 is 1. The number of ether oxygens (including phenoxy) is 1. The van der Waals surface area contributed by atoms with Gasteiger partial charge in [-0.3, -0.25) is 11.3 Å². The van der Waals surface area contributed by atoms with Crippen molar-refractivity contribution in [2.45, 2.75) is 39.2 Å². The van der Waals surface area contributed by atoms with Crippen molar-refractivity contribution in [3.8, 4) is 5.75 Å². The molecule has 0 aliphatic carbocycles. The Morgan fingerprint density at radius 2 is 2.00 bits per heavy atom. The molecule has 0 aliphatic heterocycles. The van der Waals surface area contributed by atoms with Gasteiger partial charge in [-0.15, -0.1) is 0 Å². The maximum absolute atomic E-state index is 14.0. The van der Waals surface area contributed by atoms with E-state index in [0.29, 0.717) is 17.2 Å². The summed E-state index contributed by atoms with van der Waals surface area (Å²) in [6, 6.07) is 4.62. The van der Waals surface area contributed by atoms with Crippen molar-refractivity contribution in [3.05, 3.63) is 29.6 Å². The van der Waals surface area contributed by atoms with Crippen molar-refractivity contribution in [3.63, 3.8) is 0 Å². The first-order valence-corrected chi connectivity index (χ1v) is 6.46. The van der Waals surface area contributed by atoms with Crippen molar-refractivity contribution >= 4 is 0 Å². The molecule has 0 aliphatic rings. The zero-order chi connectivity index (χ0) is 13.5. The Bertz CT molecular complexity index is 367. The molecule has 1 aromatic rings. The molecule has 1 atom stereocenters. The van der Waals surface area contributed by atoms with Gasteiger partial charge >= 0.3 is 0 Å². The lowest BCUT2D eigenvalue weighted by Gasteiger charge is -2.23. The molecule has 0 fully saturated rings. The standard InChI is InChI=1S/C14H23FN2O/c1-4-10(5-2)9-12(17-16)14-11(15)7-6-8-13(14)18-3/h6-8,10,12,17H,4-5,9,16H2,1-3H3. The summed E-state index contributed by atoms with van der Waals surface area (Å²) in [4.78, 5) is 0. The molecule has 0 heterocycles. The first-order valence-electron chi connectivity index (χ1n) is 6.46. The van der Waals surface area contributed by atoms with Crippen molar-refractivity contribution in [2.24, 2.45) is 11.8 Å². The molecule has 102 valence electrons. The van der Waals surface area contributed by atoms with Crippen LogP contribution in [0.3, 0.4) is 0 Å². The molecule has 0 aromatic heterocycles. The number of benzene rings is 1. The van der Waals surface area contributed by atoms with Crippen molar-refractivity contribution in [2.75, 3.05) is 7.11 Å². The zero-order valence-electron chi connectivity index (χ0n) is 11.4. The Balaban J connectivity index is 3.00. The third-order valence-electron chi connectivity index (χ3n) is 3.51. The van der Waals surface area contributed by atoms with E-state index in [2.05, 4.69) is 19.3 Å². The summed E-state index contributed by atoms with van der Waals surface area (Å²) in [6.45, 7) is 4.28. The van der Waals surface area contributed by atoms with E-state index in [9.17, 15) is 4.39 Å². The second kappa shape index (κ2) is 7.34. The molecule has 0 radical (unpaired) electrons. The van der Waals surface area contributed by atoms with Gasteiger partial charge < -0.3 is 4.74 Å². The van der Waals surface area contributed by atoms with Gasteiger partial charge in [-0.1, -0.05) is 32.8 Å². The van der Waals surface area contributed by atoms with Crippen LogP contribution in [-0.2, 0) is 0 Å². The smallest absolute Gasteiger partial charge is 0.131 e. The number of rotatable bonds is 7. The summed E-state index contributed by atoms with van der Waals surface area (Å²) in [6.07, 6.45) is 2.93. The highest BCUT2D eigenvalue weighted by atomic mass is 19.1. The Morgan fingerprint density at radius 1 is 1.33 bits per heavy atom. The molecule has 4 heteroatoms. The molecule has 18 heavy (non-hydrogen) atoms. The van der Waals surface area contributed by atoms with E-state index in [1.807, 2.05) is 0 Å². The first-order chi connectivity index (χ1) is 8.67. The second-order valence-corrected chi connectivity index (χ2v) is 4.49. The van der Waals surface area contributed by atoms with Crippen molar-refractivity contribution < 1.29 is 9.13 Å². The highest BCUT2D eigenvalue weighted by molar-refractivity contribution is 5.37. The Labute approximate surface area is 108 Å². The number of hydrogen-bond donors (Lipinski definition) is 2. The maximum Gasteiger partial charge on any atom is 0.131 e. The number of nitrogens with one attached hydrogen (secondary N) is 1. The van der Waals surface area contributed by atoms with Crippen LogP contribution >= 0.6 is 0 Å². The van der Waals surface area contributed by atoms with Crippen molar-refractivity contribution in [1.82, 2.24) is 5.43 Å². The average molecular weight is 254 g/mol. The van der Waals surface area contributed by atoms with E-state index < -0.39 is 0 Å². The van der Waals surface area contributed by atoms with Gasteiger partial charge in [0.15, 0.2) is 0 Å². The molecule has 1 aromatic carbocycles. The lowest BCUT2D eigenvalue weighted by molar-refractivity contribution is 0.346. The summed E-state index contributed by atoms with van der Waals surface area (Å²) in [5, 5.41) is 0. The predicted octanol–water partition coefficient (Wildman–Crippen LogP) is 3.17. The SMILES string of the molecule is CCC(CC)CC(NN)c1c(F)cccc1OC. The van der Waals surface area contributed by atoms with E-state index in [-0.39, 0.29) is 11.9 Å². The van der Waals surface area contributed by atoms with E-state index in [0.717, 1.165) is 19.3 Å². The van der Waals surface area contributed by atoms with Gasteiger partial charge in [0.05, 0.1) is 13.2 Å². The van der Waals surface area contributed by atoms with E-state index in [4.69, 9.17) is 10.6 Å². The van der Waals surface area contributed by atoms with Crippen molar-refractivity contribution in [1.29, 1.82) is 0 Å². The molecular formula is C14H23FN2O. The van der Waals surface area contributed by atoms with Crippen LogP contribution in [0.15, 0.2) is 18.2 Å². The Morgan fingerprint density at radius 3 is 2.50 bits per heavy atom. The molecule has 0 bridgehead atoms. The number of halogens is 1. The van der Waals surface area contributed by atoms with Gasteiger partial charge in [0.25, 0.3) is 0 Å². The predicted molar refractivity (Wildman–Crippen MR) is 71.7 cm³/mol. The summed E-state index contributed by atoms with van der Waals surface area (Å²) < 4.78 is 19.2. The topological polar surface area (TPSA) is 47.3 Å². The van der Waals surface area contributed by atoms with Gasteiger partial charge in [-0.25, -0.2) is 4.39 Å². The van der Waals surface area contributed by atoms with Gasteiger partial charge in [0.2, 0.25) is 0 Å². The quantitative estimate of drug-likeness (QED) is 0.580. The molecule has 0 amide bonds. The third kappa shape index (κ3) is 3.43. The molecule has 3 nitrogen and oxygen atoms in total. The van der Waals surface area contributed by atoms with E-state index >= 15 is 0 Å². The average Bonchev–Trinajstić information content (AvgIpc) is 2.41. The second-order valence-electron chi connectivity index (χ2n) is 4.49. The number of hydrazine groups is 1. The van der Waals surface area contributed by atoms with E-state index in [1.165, 1.54) is 6.07 Å². The highest BCUT2D eigenvalue weighted by Crippen LogP contribution is 2.32. The fourth-order valence-electron chi connectivity index (χ4n) is 2.26. The summed E-state index contributed by atoms with van der Waals surface area (Å²) in [5.74, 6) is 6.38. The summed E-state index contributed by atoms with van der Waals surface area (Å²) in [7, 11) is 1.54. The van der Waals surface area contributed by atoms with Gasteiger partial charge in [0, 0.05) is 5.56 Å². The van der Waals surface area contributed by atoms with Crippen LogP contribution in [0, 0.1) is 11.7 Å². The highest BCUT2D eigenvalue weighted by Gasteiger charge is 2.21. The maximum atomic E-state index is 14.0. The number of nitrogens with two attached hydrogens (primary N) is 1. The van der Waals surface area contributed by atoms with Crippen LogP contribution < -0.4 is 16.0 Å². The minimum absolute atomic E-state index is 0.217. The van der Waals surface area contributed by atoms with Gasteiger partial charge in [-0.2, -0.15) is 0 Å². The Kier molecular flexibility index (Phi) is 6.09. The molecule has 3 N–H and O–H groups in total. The van der Waals surface area contributed by atoms with Crippen LogP contribution in [0.1, 0.15) is 44.7 Å². The lowest BCUT2D eigenvalue weighted by Crippen LogP contribution is -2.30.